The van der Waals surface area contributed by atoms with E-state index in [4.69, 9.17) is 10.3 Å². The van der Waals surface area contributed by atoms with Gasteiger partial charge in [0.05, 0.1) is 0 Å². The molecule has 2 aromatic heterocycles. The Morgan fingerprint density at radius 3 is 2.83 bits per heavy atom. The normalized spacial score (nSPS) is 11.0. The lowest BCUT2D eigenvalue weighted by atomic mass is 10.1. The van der Waals surface area contributed by atoms with Crippen LogP contribution >= 0.6 is 24.8 Å². The molecule has 2 aromatic rings. The van der Waals surface area contributed by atoms with E-state index in [2.05, 4.69) is 22.4 Å². The molecule has 1 amide bonds. The Morgan fingerprint density at radius 1 is 1.43 bits per heavy atom. The highest BCUT2D eigenvalue weighted by Gasteiger charge is 2.16. The number of halogens is 2. The summed E-state index contributed by atoms with van der Waals surface area (Å²) in [6.45, 7) is 2.52. The number of nitrogens with two attached hydrogens (primary N) is 1. The maximum atomic E-state index is 12.1. The highest BCUT2D eigenvalue weighted by atomic mass is 35.5. The number of unbranched alkanes of at least 4 members (excludes halogenated alkanes) is 1. The lowest BCUT2D eigenvalue weighted by Gasteiger charge is -2.15. The molecule has 0 aliphatic rings. The van der Waals surface area contributed by atoms with E-state index in [0.717, 1.165) is 24.8 Å². The number of aromatic nitrogens is 2. The summed E-state index contributed by atoms with van der Waals surface area (Å²) in [6, 6.07) is 5.22. The fourth-order valence-corrected chi connectivity index (χ4v) is 1.99. The first kappa shape index (κ1) is 21.4. The lowest BCUT2D eigenvalue weighted by molar-refractivity contribution is 0.0926. The van der Waals surface area contributed by atoms with Crippen LogP contribution in [-0.4, -0.2) is 28.6 Å². The monoisotopic (exact) mass is 360 g/mol. The maximum absolute atomic E-state index is 12.1. The number of carbonyl (C=O) groups excluding carboxylic acids is 1. The van der Waals surface area contributed by atoms with Crippen molar-refractivity contribution in [1.29, 1.82) is 0 Å². The summed E-state index contributed by atoms with van der Waals surface area (Å²) >= 11 is 0. The van der Waals surface area contributed by atoms with E-state index in [9.17, 15) is 4.79 Å². The second kappa shape index (κ2) is 11.0. The Balaban J connectivity index is 0.00000242. The maximum Gasteiger partial charge on any atom is 0.273 e. The fraction of sp³-hybridized carbons (Fsp3) is 0.400. The van der Waals surface area contributed by atoms with Crippen LogP contribution < -0.4 is 11.1 Å². The van der Waals surface area contributed by atoms with E-state index in [1.165, 1.54) is 0 Å². The van der Waals surface area contributed by atoms with Crippen LogP contribution in [0, 0.1) is 0 Å². The quantitative estimate of drug-likeness (QED) is 0.791. The summed E-state index contributed by atoms with van der Waals surface area (Å²) in [4.78, 5) is 16.1. The van der Waals surface area contributed by atoms with Crippen molar-refractivity contribution in [3.63, 3.8) is 0 Å². The van der Waals surface area contributed by atoms with Crippen molar-refractivity contribution in [1.82, 2.24) is 15.5 Å². The molecule has 23 heavy (non-hydrogen) atoms. The molecule has 0 spiro atoms. The van der Waals surface area contributed by atoms with Crippen molar-refractivity contribution < 1.29 is 9.32 Å². The van der Waals surface area contributed by atoms with Gasteiger partial charge in [-0.15, -0.1) is 24.8 Å². The first-order valence-electron chi connectivity index (χ1n) is 7.12. The number of pyridine rings is 1. The molecule has 2 rings (SSSR count). The molecule has 1 unspecified atom stereocenters. The number of nitrogens with zero attached hydrogens (tertiary/aromatic N) is 2. The molecule has 0 aromatic carbocycles. The van der Waals surface area contributed by atoms with Gasteiger partial charge in [0.2, 0.25) is 0 Å². The first-order chi connectivity index (χ1) is 10.2. The molecule has 0 radical (unpaired) electrons. The van der Waals surface area contributed by atoms with Crippen molar-refractivity contribution in [2.75, 3.05) is 6.54 Å². The molecule has 0 aliphatic carbocycles. The summed E-state index contributed by atoms with van der Waals surface area (Å²) in [5.74, 6) is 0.256. The highest BCUT2D eigenvalue weighted by Crippen LogP contribution is 2.18. The van der Waals surface area contributed by atoms with E-state index in [1.807, 2.05) is 6.07 Å². The summed E-state index contributed by atoms with van der Waals surface area (Å²) in [6.07, 6.45) is 6.30. The van der Waals surface area contributed by atoms with Gasteiger partial charge in [-0.3, -0.25) is 9.78 Å². The van der Waals surface area contributed by atoms with Gasteiger partial charge in [0.1, 0.15) is 0 Å². The molecule has 8 heteroatoms. The predicted molar refractivity (Wildman–Crippen MR) is 94.1 cm³/mol. The zero-order valence-corrected chi connectivity index (χ0v) is 14.5. The molecule has 128 valence electrons. The average Bonchev–Trinajstić information content (AvgIpc) is 3.02. The second-order valence-electron chi connectivity index (χ2n) is 4.87. The van der Waals surface area contributed by atoms with Crippen LogP contribution in [0.3, 0.4) is 0 Å². The van der Waals surface area contributed by atoms with Crippen molar-refractivity contribution in [3.05, 3.63) is 36.3 Å². The summed E-state index contributed by atoms with van der Waals surface area (Å²) < 4.78 is 5.19. The van der Waals surface area contributed by atoms with Crippen LogP contribution in [0.5, 0.6) is 0 Å². The number of nitrogens with one attached hydrogen (secondary N) is 1. The highest BCUT2D eigenvalue weighted by molar-refractivity contribution is 5.93. The molecular weight excluding hydrogens is 339 g/mol. The van der Waals surface area contributed by atoms with Crippen LogP contribution in [0.4, 0.5) is 0 Å². The van der Waals surface area contributed by atoms with Crippen molar-refractivity contribution in [3.8, 4) is 11.3 Å². The van der Waals surface area contributed by atoms with Gasteiger partial charge < -0.3 is 15.6 Å². The summed E-state index contributed by atoms with van der Waals surface area (Å²) in [7, 11) is 0. The predicted octanol–water partition coefficient (Wildman–Crippen LogP) is 2.83. The van der Waals surface area contributed by atoms with Gasteiger partial charge in [-0.2, -0.15) is 0 Å². The largest absolute Gasteiger partial charge is 0.355 e. The second-order valence-corrected chi connectivity index (χ2v) is 4.87. The molecule has 1 atom stereocenters. The van der Waals surface area contributed by atoms with E-state index >= 15 is 0 Å². The third-order valence-electron chi connectivity index (χ3n) is 3.21. The Kier molecular flexibility index (Phi) is 10.2. The molecule has 0 fully saturated rings. The Bertz CT molecular complexity index is 578. The number of rotatable bonds is 7. The minimum atomic E-state index is -0.263. The lowest BCUT2D eigenvalue weighted by Crippen LogP contribution is -2.40. The van der Waals surface area contributed by atoms with Gasteiger partial charge >= 0.3 is 0 Å². The van der Waals surface area contributed by atoms with Crippen molar-refractivity contribution in [2.45, 2.75) is 32.2 Å². The minimum Gasteiger partial charge on any atom is -0.355 e. The molecular formula is C15H22Cl2N4O2. The number of amides is 1. The van der Waals surface area contributed by atoms with E-state index in [0.29, 0.717) is 12.3 Å². The Labute approximate surface area is 148 Å². The average molecular weight is 361 g/mol. The number of carbonyl (C=O) groups is 1. The SMILES string of the molecule is CCCCC(CN)NC(=O)c1cc(-c2cccnc2)on1.Cl.Cl. The molecule has 0 aliphatic heterocycles. The minimum absolute atomic E-state index is 0. The zero-order valence-electron chi connectivity index (χ0n) is 12.9. The zero-order chi connectivity index (χ0) is 15.1. The molecule has 6 nitrogen and oxygen atoms in total. The Hall–Kier alpha value is -1.63. The van der Waals surface area contributed by atoms with Gasteiger partial charge in [-0.25, -0.2) is 0 Å². The molecule has 0 bridgehead atoms. The molecule has 3 N–H and O–H groups in total. The smallest absolute Gasteiger partial charge is 0.273 e. The van der Waals surface area contributed by atoms with E-state index in [1.54, 1.807) is 24.5 Å². The van der Waals surface area contributed by atoms with Crippen LogP contribution in [0.25, 0.3) is 11.3 Å². The number of hydrogen-bond donors (Lipinski definition) is 2. The number of hydrogen-bond acceptors (Lipinski definition) is 5. The first-order valence-corrected chi connectivity index (χ1v) is 7.12. The van der Waals surface area contributed by atoms with Gasteiger partial charge in [0.25, 0.3) is 5.91 Å². The van der Waals surface area contributed by atoms with Crippen LogP contribution in [0.1, 0.15) is 36.7 Å². The topological polar surface area (TPSA) is 94.0 Å². The van der Waals surface area contributed by atoms with Crippen molar-refractivity contribution >= 4 is 30.7 Å². The van der Waals surface area contributed by atoms with E-state index in [-0.39, 0.29) is 42.5 Å². The van der Waals surface area contributed by atoms with Gasteiger partial charge in [-0.05, 0) is 18.6 Å². The Morgan fingerprint density at radius 2 is 2.22 bits per heavy atom. The van der Waals surface area contributed by atoms with Gasteiger partial charge in [0.15, 0.2) is 11.5 Å². The summed E-state index contributed by atoms with van der Waals surface area (Å²) in [5.41, 5.74) is 6.71. The fourth-order valence-electron chi connectivity index (χ4n) is 1.99. The van der Waals surface area contributed by atoms with Crippen LogP contribution in [0.15, 0.2) is 35.1 Å². The molecule has 0 saturated heterocycles. The third kappa shape index (κ3) is 6.17. The molecule has 2 heterocycles. The third-order valence-corrected chi connectivity index (χ3v) is 3.21. The standard InChI is InChI=1S/C15H20N4O2.2ClH/c1-2-3-6-12(9-16)18-15(20)13-8-14(21-19-13)11-5-4-7-17-10-11;;/h4-5,7-8,10,12H,2-3,6,9,16H2,1H3,(H,18,20);2*1H. The summed E-state index contributed by atoms with van der Waals surface area (Å²) in [5, 5.41) is 6.69. The molecule has 0 saturated carbocycles. The van der Waals surface area contributed by atoms with Crippen LogP contribution in [0.2, 0.25) is 0 Å². The van der Waals surface area contributed by atoms with Crippen LogP contribution in [-0.2, 0) is 0 Å². The van der Waals surface area contributed by atoms with Crippen molar-refractivity contribution in [2.24, 2.45) is 5.73 Å². The van der Waals surface area contributed by atoms with Gasteiger partial charge in [-0.1, -0.05) is 24.9 Å². The van der Waals surface area contributed by atoms with Gasteiger partial charge in [0, 0.05) is 36.6 Å². The van der Waals surface area contributed by atoms with E-state index < -0.39 is 0 Å².